The minimum Gasteiger partial charge on any atom is -0.0654 e. The van der Waals surface area contributed by atoms with E-state index in [2.05, 4.69) is 63.2 Å². The van der Waals surface area contributed by atoms with E-state index in [-0.39, 0.29) is 0 Å². The number of aryl methyl sites for hydroxylation is 2. The summed E-state index contributed by atoms with van der Waals surface area (Å²) in [6, 6.07) is 15.8. The zero-order valence-electron chi connectivity index (χ0n) is 14.3. The number of benzene rings is 2. The monoisotopic (exact) mass is 312 g/mol. The van der Waals surface area contributed by atoms with Crippen molar-refractivity contribution in [2.45, 2.75) is 59.3 Å². The van der Waals surface area contributed by atoms with Crippen LogP contribution in [-0.4, -0.2) is 0 Å². The molecule has 2 rings (SSSR count). The Kier molecular flexibility index (Phi) is 7.13. The van der Waals surface area contributed by atoms with Crippen LogP contribution >= 0.6 is 8.58 Å². The van der Waals surface area contributed by atoms with Crippen molar-refractivity contribution in [3.8, 4) is 0 Å². The third kappa shape index (κ3) is 4.68. The van der Waals surface area contributed by atoms with Crippen molar-refractivity contribution in [2.24, 2.45) is 0 Å². The van der Waals surface area contributed by atoms with Gasteiger partial charge in [0.05, 0.1) is 0 Å². The fraction of sp³-hybridized carbons (Fsp3) is 0.429. The van der Waals surface area contributed by atoms with Gasteiger partial charge < -0.3 is 0 Å². The number of unbranched alkanes of at least 4 members (excludes halogenated alkanes) is 2. The van der Waals surface area contributed by atoms with Crippen LogP contribution in [0.4, 0.5) is 0 Å². The molecule has 0 aliphatic carbocycles. The molecule has 1 heteroatoms. The number of hydrogen-bond donors (Lipinski definition) is 0. The molecular formula is C21H29P. The van der Waals surface area contributed by atoms with Crippen molar-refractivity contribution in [1.82, 2.24) is 0 Å². The molecule has 0 aliphatic heterocycles. The topological polar surface area (TPSA) is 0 Å². The van der Waals surface area contributed by atoms with Gasteiger partial charge in [0, 0.05) is 0 Å². The molecule has 118 valence electrons. The van der Waals surface area contributed by atoms with Crippen molar-refractivity contribution in [1.29, 1.82) is 0 Å². The van der Waals surface area contributed by atoms with Crippen LogP contribution in [0.2, 0.25) is 0 Å². The average molecular weight is 312 g/mol. The van der Waals surface area contributed by atoms with Crippen LogP contribution in [0.25, 0.3) is 0 Å². The fourth-order valence-electron chi connectivity index (χ4n) is 2.86. The SMILES string of the molecule is CCCCc1cccc(Pc2ccccc2C)c1CCCC. The lowest BCUT2D eigenvalue weighted by Crippen LogP contribution is -2.13. The Bertz CT molecular complexity index is 586. The first-order chi connectivity index (χ1) is 10.8. The molecule has 0 saturated carbocycles. The van der Waals surface area contributed by atoms with Crippen molar-refractivity contribution >= 4 is 19.2 Å². The summed E-state index contributed by atoms with van der Waals surface area (Å²) >= 11 is 0. The highest BCUT2D eigenvalue weighted by molar-refractivity contribution is 7.55. The average Bonchev–Trinajstić information content (AvgIpc) is 2.54. The number of rotatable bonds is 8. The molecule has 0 spiro atoms. The van der Waals surface area contributed by atoms with E-state index in [1.807, 2.05) is 0 Å². The molecular weight excluding hydrogens is 283 g/mol. The largest absolute Gasteiger partial charge is 0.0654 e. The summed E-state index contributed by atoms with van der Waals surface area (Å²) in [4.78, 5) is 0. The van der Waals surface area contributed by atoms with Crippen molar-refractivity contribution < 1.29 is 0 Å². The zero-order valence-corrected chi connectivity index (χ0v) is 15.3. The summed E-state index contributed by atoms with van der Waals surface area (Å²) in [5.74, 6) is 0. The van der Waals surface area contributed by atoms with E-state index in [0.717, 1.165) is 8.58 Å². The summed E-state index contributed by atoms with van der Waals surface area (Å²) in [5, 5.41) is 3.06. The van der Waals surface area contributed by atoms with Crippen molar-refractivity contribution in [2.75, 3.05) is 0 Å². The predicted molar refractivity (Wildman–Crippen MR) is 102 cm³/mol. The normalized spacial score (nSPS) is 11.4. The highest BCUT2D eigenvalue weighted by Gasteiger charge is 2.09. The van der Waals surface area contributed by atoms with Gasteiger partial charge >= 0.3 is 0 Å². The Morgan fingerprint density at radius 1 is 0.773 bits per heavy atom. The van der Waals surface area contributed by atoms with Gasteiger partial charge in [0.25, 0.3) is 0 Å². The van der Waals surface area contributed by atoms with Crippen LogP contribution in [0.1, 0.15) is 56.2 Å². The fourth-order valence-corrected chi connectivity index (χ4v) is 4.23. The third-order valence-electron chi connectivity index (χ3n) is 4.27. The zero-order chi connectivity index (χ0) is 15.8. The molecule has 0 radical (unpaired) electrons. The second kappa shape index (κ2) is 9.11. The van der Waals surface area contributed by atoms with E-state index in [1.54, 1.807) is 16.4 Å². The molecule has 0 amide bonds. The van der Waals surface area contributed by atoms with Crippen LogP contribution in [0.5, 0.6) is 0 Å². The Labute approximate surface area is 138 Å². The van der Waals surface area contributed by atoms with Crippen LogP contribution in [-0.2, 0) is 12.8 Å². The maximum Gasteiger partial charge on any atom is -0.0191 e. The molecule has 0 N–H and O–H groups in total. The molecule has 0 bridgehead atoms. The number of hydrogen-bond acceptors (Lipinski definition) is 0. The molecule has 0 aromatic heterocycles. The molecule has 0 heterocycles. The maximum atomic E-state index is 2.35. The Morgan fingerprint density at radius 2 is 1.45 bits per heavy atom. The smallest absolute Gasteiger partial charge is 0.0191 e. The minimum absolute atomic E-state index is 0.787. The van der Waals surface area contributed by atoms with Gasteiger partial charge in [0.1, 0.15) is 0 Å². The quantitative estimate of drug-likeness (QED) is 0.579. The van der Waals surface area contributed by atoms with Gasteiger partial charge in [-0.05, 0) is 59.9 Å². The van der Waals surface area contributed by atoms with Gasteiger partial charge in [-0.2, -0.15) is 0 Å². The first-order valence-corrected chi connectivity index (χ1v) is 9.69. The van der Waals surface area contributed by atoms with Gasteiger partial charge in [-0.15, -0.1) is 0 Å². The molecule has 2 aromatic rings. The molecule has 0 aliphatic rings. The van der Waals surface area contributed by atoms with Crippen LogP contribution in [0, 0.1) is 6.92 Å². The maximum absolute atomic E-state index is 2.35. The second-order valence-corrected chi connectivity index (χ2v) is 7.42. The molecule has 22 heavy (non-hydrogen) atoms. The predicted octanol–water partition coefficient (Wildman–Crippen LogP) is 5.31. The first kappa shape index (κ1) is 17.2. The Balaban J connectivity index is 2.30. The summed E-state index contributed by atoms with van der Waals surface area (Å²) in [6.07, 6.45) is 7.63. The van der Waals surface area contributed by atoms with Crippen LogP contribution in [0.15, 0.2) is 42.5 Å². The van der Waals surface area contributed by atoms with Gasteiger partial charge in [-0.3, -0.25) is 0 Å². The molecule has 1 atom stereocenters. The van der Waals surface area contributed by atoms with E-state index < -0.39 is 0 Å². The minimum atomic E-state index is 0.787. The van der Waals surface area contributed by atoms with Crippen LogP contribution in [0.3, 0.4) is 0 Å². The van der Waals surface area contributed by atoms with Gasteiger partial charge in [-0.1, -0.05) is 77.7 Å². The highest BCUT2D eigenvalue weighted by Crippen LogP contribution is 2.21. The molecule has 2 aromatic carbocycles. The van der Waals surface area contributed by atoms with Gasteiger partial charge in [0.2, 0.25) is 0 Å². The highest BCUT2D eigenvalue weighted by atomic mass is 31.1. The summed E-state index contributed by atoms with van der Waals surface area (Å²) in [7, 11) is 0.787. The molecule has 0 saturated heterocycles. The second-order valence-electron chi connectivity index (χ2n) is 6.09. The van der Waals surface area contributed by atoms with E-state index in [0.29, 0.717) is 0 Å². The molecule has 0 fully saturated rings. The lowest BCUT2D eigenvalue weighted by atomic mass is 9.98. The molecule has 0 nitrogen and oxygen atoms in total. The van der Waals surface area contributed by atoms with Crippen LogP contribution < -0.4 is 10.6 Å². The standard InChI is InChI=1S/C21H29P/c1-4-6-12-18-13-10-16-21(19(18)14-7-5-2)22-20-15-9-8-11-17(20)3/h8-11,13,15-16,22H,4-7,12,14H2,1-3H3. The van der Waals surface area contributed by atoms with E-state index >= 15 is 0 Å². The van der Waals surface area contributed by atoms with Crippen molar-refractivity contribution in [3.63, 3.8) is 0 Å². The Hall–Kier alpha value is -1.13. The third-order valence-corrected chi connectivity index (χ3v) is 5.84. The molecule has 1 unspecified atom stereocenters. The summed E-state index contributed by atoms with van der Waals surface area (Å²) in [6.45, 7) is 6.80. The Morgan fingerprint density at radius 3 is 2.18 bits per heavy atom. The van der Waals surface area contributed by atoms with E-state index in [1.165, 1.54) is 49.4 Å². The summed E-state index contributed by atoms with van der Waals surface area (Å²) < 4.78 is 0. The van der Waals surface area contributed by atoms with E-state index in [4.69, 9.17) is 0 Å². The van der Waals surface area contributed by atoms with E-state index in [9.17, 15) is 0 Å². The summed E-state index contributed by atoms with van der Waals surface area (Å²) in [5.41, 5.74) is 4.65. The van der Waals surface area contributed by atoms with Gasteiger partial charge in [0.15, 0.2) is 0 Å². The lowest BCUT2D eigenvalue weighted by molar-refractivity contribution is 0.761. The van der Waals surface area contributed by atoms with Crippen molar-refractivity contribution in [3.05, 3.63) is 59.2 Å². The first-order valence-electron chi connectivity index (χ1n) is 8.69. The lowest BCUT2D eigenvalue weighted by Gasteiger charge is -2.16. The van der Waals surface area contributed by atoms with Gasteiger partial charge in [-0.25, -0.2) is 0 Å².